The number of nitrogens with two attached hydrogens (primary N) is 1. The van der Waals surface area contributed by atoms with E-state index < -0.39 is 11.5 Å². The number of ether oxygens (including phenoxy) is 1. The van der Waals surface area contributed by atoms with Crippen LogP contribution < -0.4 is 10.5 Å². The number of methoxy groups -OCH3 is 1. The molecular weight excluding hydrogens is 328 g/mol. The van der Waals surface area contributed by atoms with Gasteiger partial charge in [-0.05, 0) is 61.7 Å². The predicted molar refractivity (Wildman–Crippen MR) is 101 cm³/mol. The van der Waals surface area contributed by atoms with Gasteiger partial charge < -0.3 is 15.6 Å². The molecular formula is C21H26N2O3. The fraction of sp³-hybridized carbons (Fsp3) is 0.381. The first-order valence-electron chi connectivity index (χ1n) is 8.91. The number of likely N-dealkylation sites (tertiary alicyclic amines) is 1. The third kappa shape index (κ3) is 3.74. The molecule has 5 heteroatoms. The number of amides is 1. The number of primary amides is 1. The van der Waals surface area contributed by atoms with Crippen LogP contribution in [0.5, 0.6) is 5.75 Å². The summed E-state index contributed by atoms with van der Waals surface area (Å²) in [4.78, 5) is 13.7. The zero-order valence-electron chi connectivity index (χ0n) is 15.3. The third-order valence-corrected chi connectivity index (χ3v) is 5.28. The third-order valence-electron chi connectivity index (χ3n) is 5.28. The smallest absolute Gasteiger partial charge is 0.248 e. The van der Waals surface area contributed by atoms with Crippen molar-refractivity contribution in [1.82, 2.24) is 4.90 Å². The van der Waals surface area contributed by atoms with Gasteiger partial charge in [-0.15, -0.1) is 0 Å². The van der Waals surface area contributed by atoms with E-state index in [9.17, 15) is 9.90 Å². The van der Waals surface area contributed by atoms with Crippen LogP contribution in [0.4, 0.5) is 0 Å². The number of hydrogen-bond donors (Lipinski definition) is 2. The summed E-state index contributed by atoms with van der Waals surface area (Å²) in [7, 11) is 1.63. The van der Waals surface area contributed by atoms with Crippen molar-refractivity contribution in [1.29, 1.82) is 0 Å². The Morgan fingerprint density at radius 3 is 2.69 bits per heavy atom. The zero-order chi connectivity index (χ0) is 18.7. The molecule has 1 fully saturated rings. The van der Waals surface area contributed by atoms with Gasteiger partial charge in [0.05, 0.1) is 7.11 Å². The average molecular weight is 354 g/mol. The van der Waals surface area contributed by atoms with Gasteiger partial charge in [-0.2, -0.15) is 0 Å². The molecule has 0 spiro atoms. The van der Waals surface area contributed by atoms with Crippen LogP contribution >= 0.6 is 0 Å². The van der Waals surface area contributed by atoms with Crippen LogP contribution in [0.25, 0.3) is 0 Å². The minimum absolute atomic E-state index is 0.00753. The summed E-state index contributed by atoms with van der Waals surface area (Å²) in [6.45, 7) is 3.47. The molecule has 0 saturated carbocycles. The van der Waals surface area contributed by atoms with Gasteiger partial charge in [-0.3, -0.25) is 9.69 Å². The number of carbonyl (C=O) groups is 1. The van der Waals surface area contributed by atoms with Crippen molar-refractivity contribution in [3.63, 3.8) is 0 Å². The number of benzene rings is 2. The van der Waals surface area contributed by atoms with Gasteiger partial charge in [0.25, 0.3) is 0 Å². The van der Waals surface area contributed by atoms with Crippen molar-refractivity contribution >= 4 is 5.91 Å². The molecule has 0 unspecified atom stereocenters. The quantitative estimate of drug-likeness (QED) is 0.836. The Morgan fingerprint density at radius 1 is 1.31 bits per heavy atom. The van der Waals surface area contributed by atoms with Gasteiger partial charge in [-0.1, -0.05) is 24.3 Å². The van der Waals surface area contributed by atoms with Crippen LogP contribution in [-0.2, 0) is 12.1 Å². The fourth-order valence-electron chi connectivity index (χ4n) is 3.83. The van der Waals surface area contributed by atoms with Gasteiger partial charge in [0.15, 0.2) is 0 Å². The maximum atomic E-state index is 11.4. The Morgan fingerprint density at radius 2 is 2.04 bits per heavy atom. The van der Waals surface area contributed by atoms with Crippen LogP contribution in [-0.4, -0.2) is 35.6 Å². The molecule has 0 aliphatic carbocycles. The van der Waals surface area contributed by atoms with Crippen LogP contribution in [0.15, 0.2) is 48.5 Å². The number of carbonyl (C=O) groups excluding carboxylic acids is 1. The second kappa shape index (κ2) is 7.48. The lowest BCUT2D eigenvalue weighted by molar-refractivity contribution is -0.0254. The van der Waals surface area contributed by atoms with E-state index >= 15 is 0 Å². The highest BCUT2D eigenvalue weighted by Crippen LogP contribution is 2.36. The van der Waals surface area contributed by atoms with Crippen molar-refractivity contribution < 1.29 is 14.6 Å². The molecule has 0 radical (unpaired) electrons. The highest BCUT2D eigenvalue weighted by molar-refractivity contribution is 5.92. The first-order valence-corrected chi connectivity index (χ1v) is 8.91. The summed E-state index contributed by atoms with van der Waals surface area (Å²) < 4.78 is 5.21. The average Bonchev–Trinajstić information content (AvgIpc) is 3.11. The lowest BCUT2D eigenvalue weighted by Gasteiger charge is -2.37. The van der Waals surface area contributed by atoms with E-state index in [-0.39, 0.29) is 6.04 Å². The molecule has 5 nitrogen and oxygen atoms in total. The van der Waals surface area contributed by atoms with E-state index in [1.54, 1.807) is 13.2 Å². The molecule has 0 aromatic heterocycles. The van der Waals surface area contributed by atoms with Gasteiger partial charge in [0.2, 0.25) is 5.91 Å². The summed E-state index contributed by atoms with van der Waals surface area (Å²) >= 11 is 0. The van der Waals surface area contributed by atoms with Crippen LogP contribution in [0, 0.1) is 0 Å². The molecule has 1 saturated heterocycles. The maximum Gasteiger partial charge on any atom is 0.248 e. The monoisotopic (exact) mass is 354 g/mol. The zero-order valence-corrected chi connectivity index (χ0v) is 15.3. The minimum Gasteiger partial charge on any atom is -0.497 e. The molecule has 3 N–H and O–H groups in total. The second-order valence-electron chi connectivity index (χ2n) is 7.07. The Balaban J connectivity index is 1.80. The van der Waals surface area contributed by atoms with Gasteiger partial charge in [0, 0.05) is 18.2 Å². The summed E-state index contributed by atoms with van der Waals surface area (Å²) in [6, 6.07) is 15.0. The Kier molecular flexibility index (Phi) is 5.30. The fourth-order valence-corrected chi connectivity index (χ4v) is 3.83. The molecule has 1 amide bonds. The van der Waals surface area contributed by atoms with Gasteiger partial charge in [-0.25, -0.2) is 0 Å². The second-order valence-corrected chi connectivity index (χ2v) is 7.07. The van der Waals surface area contributed by atoms with Gasteiger partial charge >= 0.3 is 0 Å². The van der Waals surface area contributed by atoms with Crippen LogP contribution in [0.1, 0.15) is 41.3 Å². The molecule has 3 rings (SSSR count). The van der Waals surface area contributed by atoms with Crippen molar-refractivity contribution in [3.05, 3.63) is 65.2 Å². The Labute approximate surface area is 154 Å². The lowest BCUT2D eigenvalue weighted by atomic mass is 9.86. The van der Waals surface area contributed by atoms with Crippen molar-refractivity contribution in [2.24, 2.45) is 5.73 Å². The lowest BCUT2D eigenvalue weighted by Crippen LogP contribution is -2.45. The van der Waals surface area contributed by atoms with Crippen LogP contribution in [0.3, 0.4) is 0 Å². The highest BCUT2D eigenvalue weighted by Gasteiger charge is 2.40. The Bertz CT molecular complexity index is 771. The molecule has 2 atom stereocenters. The number of rotatable bonds is 6. The topological polar surface area (TPSA) is 75.8 Å². The molecule has 2 aromatic carbocycles. The SMILES string of the molecule is COc1ccc([C@](C)(O)[C@@H]2CCCN2Cc2cccc(C(N)=O)c2)cc1. The van der Waals surface area contributed by atoms with E-state index in [0.717, 1.165) is 36.3 Å². The van der Waals surface area contributed by atoms with E-state index in [1.165, 1.54) is 0 Å². The molecule has 1 aliphatic rings. The molecule has 26 heavy (non-hydrogen) atoms. The largest absolute Gasteiger partial charge is 0.497 e. The van der Waals surface area contributed by atoms with Gasteiger partial charge in [0.1, 0.15) is 11.4 Å². The molecule has 2 aromatic rings. The first kappa shape index (κ1) is 18.4. The van der Waals surface area contributed by atoms with Crippen molar-refractivity contribution in [2.45, 2.75) is 38.0 Å². The molecule has 138 valence electrons. The van der Waals surface area contributed by atoms with Crippen molar-refractivity contribution in [2.75, 3.05) is 13.7 Å². The van der Waals surface area contributed by atoms with E-state index in [4.69, 9.17) is 10.5 Å². The summed E-state index contributed by atoms with van der Waals surface area (Å²) in [6.07, 6.45) is 1.96. The van der Waals surface area contributed by atoms with E-state index in [1.807, 2.05) is 49.4 Å². The summed E-state index contributed by atoms with van der Waals surface area (Å²) in [5.74, 6) is 0.353. The molecule has 1 heterocycles. The number of nitrogens with zero attached hydrogens (tertiary/aromatic N) is 1. The van der Waals surface area contributed by atoms with E-state index in [2.05, 4.69) is 4.90 Å². The summed E-state index contributed by atoms with van der Waals surface area (Å²) in [5, 5.41) is 11.3. The maximum absolute atomic E-state index is 11.4. The number of hydrogen-bond acceptors (Lipinski definition) is 4. The normalized spacial score (nSPS) is 19.9. The molecule has 0 bridgehead atoms. The van der Waals surface area contributed by atoms with Crippen molar-refractivity contribution in [3.8, 4) is 5.75 Å². The minimum atomic E-state index is -0.968. The standard InChI is InChI=1S/C21H26N2O3/c1-21(25,17-8-10-18(26-2)11-9-17)19-7-4-12-23(19)14-15-5-3-6-16(13-15)20(22)24/h3,5-6,8-11,13,19,25H,4,7,12,14H2,1-2H3,(H2,22,24)/t19-,21-/m0/s1. The van der Waals surface area contributed by atoms with E-state index in [0.29, 0.717) is 12.1 Å². The number of aliphatic hydroxyl groups is 1. The first-order chi connectivity index (χ1) is 12.4. The molecule has 1 aliphatic heterocycles. The van der Waals surface area contributed by atoms with Crippen LogP contribution in [0.2, 0.25) is 0 Å². The Hall–Kier alpha value is -2.37. The summed E-state index contributed by atoms with van der Waals surface area (Å²) in [5.41, 5.74) is 6.83. The highest BCUT2D eigenvalue weighted by atomic mass is 16.5. The predicted octanol–water partition coefficient (Wildman–Crippen LogP) is 2.67.